The van der Waals surface area contributed by atoms with E-state index in [0.717, 1.165) is 4.90 Å². The Balaban J connectivity index is 1.46. The van der Waals surface area contributed by atoms with Crippen molar-refractivity contribution in [1.29, 1.82) is 0 Å². The molecule has 0 aliphatic rings. The van der Waals surface area contributed by atoms with Crippen LogP contribution in [0.25, 0.3) is 0 Å². The molecule has 0 fully saturated rings. The molecular formula is C22H19N3O5S. The van der Waals surface area contributed by atoms with Crippen molar-refractivity contribution in [2.75, 3.05) is 23.0 Å². The van der Waals surface area contributed by atoms with Gasteiger partial charge in [-0.15, -0.1) is 11.8 Å². The predicted octanol–water partition coefficient (Wildman–Crippen LogP) is 4.34. The predicted molar refractivity (Wildman–Crippen MR) is 119 cm³/mol. The number of nitrogens with one attached hydrogen (secondary N) is 2. The van der Waals surface area contributed by atoms with Gasteiger partial charge in [0, 0.05) is 28.4 Å². The molecule has 2 N–H and O–H groups in total. The summed E-state index contributed by atoms with van der Waals surface area (Å²) in [5.41, 5.74) is 1.04. The minimum Gasteiger partial charge on any atom is -0.484 e. The molecule has 0 heterocycles. The summed E-state index contributed by atoms with van der Waals surface area (Å²) in [4.78, 5) is 35.2. The van der Waals surface area contributed by atoms with Crippen molar-refractivity contribution in [1.82, 2.24) is 0 Å². The summed E-state index contributed by atoms with van der Waals surface area (Å²) in [5, 5.41) is 16.1. The van der Waals surface area contributed by atoms with Gasteiger partial charge in [-0.3, -0.25) is 19.7 Å². The summed E-state index contributed by atoms with van der Waals surface area (Å²) in [6.07, 6.45) is 0. The van der Waals surface area contributed by atoms with Gasteiger partial charge in [-0.25, -0.2) is 0 Å². The Morgan fingerprint density at radius 2 is 1.58 bits per heavy atom. The van der Waals surface area contributed by atoms with Gasteiger partial charge in [0.05, 0.1) is 10.7 Å². The number of nitrogens with zero attached hydrogens (tertiary/aromatic N) is 1. The van der Waals surface area contributed by atoms with E-state index in [1.165, 1.54) is 36.0 Å². The van der Waals surface area contributed by atoms with E-state index in [9.17, 15) is 19.7 Å². The lowest BCUT2D eigenvalue weighted by atomic mass is 10.3. The van der Waals surface area contributed by atoms with E-state index in [1.54, 1.807) is 30.3 Å². The maximum atomic E-state index is 12.1. The van der Waals surface area contributed by atoms with Gasteiger partial charge in [0.15, 0.2) is 6.61 Å². The Kier molecular flexibility index (Phi) is 7.61. The van der Waals surface area contributed by atoms with E-state index >= 15 is 0 Å². The number of rotatable bonds is 9. The Bertz CT molecular complexity index is 1060. The maximum Gasteiger partial charge on any atom is 0.269 e. The van der Waals surface area contributed by atoms with Gasteiger partial charge < -0.3 is 15.4 Å². The second-order valence-electron chi connectivity index (χ2n) is 6.32. The molecule has 0 radical (unpaired) electrons. The molecule has 0 aliphatic carbocycles. The van der Waals surface area contributed by atoms with Crippen LogP contribution in [-0.4, -0.2) is 29.1 Å². The highest BCUT2D eigenvalue weighted by molar-refractivity contribution is 8.00. The zero-order valence-corrected chi connectivity index (χ0v) is 17.1. The third kappa shape index (κ3) is 7.16. The van der Waals surface area contributed by atoms with Gasteiger partial charge in [0.25, 0.3) is 11.6 Å². The van der Waals surface area contributed by atoms with Crippen LogP contribution in [-0.2, 0) is 9.59 Å². The van der Waals surface area contributed by atoms with Crippen molar-refractivity contribution in [3.8, 4) is 5.75 Å². The van der Waals surface area contributed by atoms with Gasteiger partial charge in [-0.05, 0) is 42.5 Å². The van der Waals surface area contributed by atoms with Crippen molar-refractivity contribution < 1.29 is 19.2 Å². The molecule has 9 heteroatoms. The fourth-order valence-electron chi connectivity index (χ4n) is 2.54. The minimum absolute atomic E-state index is 0.0413. The first-order chi connectivity index (χ1) is 15.0. The molecular weight excluding hydrogens is 418 g/mol. The third-order valence-corrected chi connectivity index (χ3v) is 4.96. The van der Waals surface area contributed by atoms with Crippen LogP contribution in [0.1, 0.15) is 0 Å². The molecule has 3 aromatic rings. The number of nitro groups is 1. The summed E-state index contributed by atoms with van der Waals surface area (Å²) < 4.78 is 5.42. The standard InChI is InChI=1S/C22H19N3O5S/c26-21(14-30-19-6-2-1-3-7-19)24-17-5-4-8-20(13-17)31-15-22(27)23-16-9-11-18(12-10-16)25(28)29/h1-13H,14-15H2,(H,23,27)(H,24,26). The number of ether oxygens (including phenoxy) is 1. The number of anilines is 2. The number of non-ortho nitro benzene ring substituents is 1. The second kappa shape index (κ2) is 10.8. The topological polar surface area (TPSA) is 111 Å². The first-order valence-corrected chi connectivity index (χ1v) is 10.2. The minimum atomic E-state index is -0.499. The molecule has 0 atom stereocenters. The summed E-state index contributed by atoms with van der Waals surface area (Å²) in [5.74, 6) is 0.221. The Labute approximate surface area is 182 Å². The molecule has 3 rings (SSSR count). The molecule has 158 valence electrons. The molecule has 0 spiro atoms. The zero-order chi connectivity index (χ0) is 22.1. The quantitative estimate of drug-likeness (QED) is 0.293. The Morgan fingerprint density at radius 3 is 2.29 bits per heavy atom. The first kappa shape index (κ1) is 21.8. The van der Waals surface area contributed by atoms with Gasteiger partial charge in [0.1, 0.15) is 5.75 Å². The van der Waals surface area contributed by atoms with Crippen LogP contribution in [0.15, 0.2) is 83.8 Å². The van der Waals surface area contributed by atoms with E-state index in [1.807, 2.05) is 24.3 Å². The number of para-hydroxylation sites is 1. The molecule has 0 aliphatic heterocycles. The highest BCUT2D eigenvalue weighted by Crippen LogP contribution is 2.22. The number of thioether (sulfide) groups is 1. The van der Waals surface area contributed by atoms with Gasteiger partial charge in [0.2, 0.25) is 5.91 Å². The van der Waals surface area contributed by atoms with Crippen LogP contribution >= 0.6 is 11.8 Å². The number of benzene rings is 3. The summed E-state index contributed by atoms with van der Waals surface area (Å²) in [6.45, 7) is -0.112. The first-order valence-electron chi connectivity index (χ1n) is 9.24. The molecule has 0 bridgehead atoms. The lowest BCUT2D eigenvalue weighted by molar-refractivity contribution is -0.384. The number of amides is 2. The number of hydrogen-bond donors (Lipinski definition) is 2. The van der Waals surface area contributed by atoms with Gasteiger partial charge in [-0.1, -0.05) is 24.3 Å². The zero-order valence-electron chi connectivity index (χ0n) is 16.3. The van der Waals surface area contributed by atoms with Crippen LogP contribution in [0.4, 0.5) is 17.1 Å². The fourth-order valence-corrected chi connectivity index (χ4v) is 3.29. The van der Waals surface area contributed by atoms with Crippen molar-refractivity contribution in [2.24, 2.45) is 0 Å². The van der Waals surface area contributed by atoms with Gasteiger partial charge in [-0.2, -0.15) is 0 Å². The summed E-state index contributed by atoms with van der Waals surface area (Å²) in [6, 6.07) is 21.8. The van der Waals surface area contributed by atoms with E-state index in [4.69, 9.17) is 4.74 Å². The second-order valence-corrected chi connectivity index (χ2v) is 7.37. The van der Waals surface area contributed by atoms with E-state index < -0.39 is 4.92 Å². The molecule has 0 saturated heterocycles. The third-order valence-electron chi connectivity index (χ3n) is 3.96. The van der Waals surface area contributed by atoms with Crippen molar-refractivity contribution in [3.63, 3.8) is 0 Å². The van der Waals surface area contributed by atoms with Crippen molar-refractivity contribution >= 4 is 40.6 Å². The van der Waals surface area contributed by atoms with E-state index in [-0.39, 0.29) is 29.9 Å². The highest BCUT2D eigenvalue weighted by atomic mass is 32.2. The average molecular weight is 437 g/mol. The van der Waals surface area contributed by atoms with Crippen LogP contribution in [0.3, 0.4) is 0 Å². The lowest BCUT2D eigenvalue weighted by Gasteiger charge is -2.09. The smallest absolute Gasteiger partial charge is 0.269 e. The molecule has 2 amide bonds. The largest absolute Gasteiger partial charge is 0.484 e. The van der Waals surface area contributed by atoms with Crippen LogP contribution in [0, 0.1) is 10.1 Å². The number of hydrogen-bond acceptors (Lipinski definition) is 6. The van der Waals surface area contributed by atoms with Crippen molar-refractivity contribution in [2.45, 2.75) is 4.90 Å². The molecule has 8 nitrogen and oxygen atoms in total. The maximum absolute atomic E-state index is 12.1. The lowest BCUT2D eigenvalue weighted by Crippen LogP contribution is -2.20. The number of nitro benzene ring substituents is 1. The molecule has 3 aromatic carbocycles. The monoisotopic (exact) mass is 437 g/mol. The summed E-state index contributed by atoms with van der Waals surface area (Å²) in [7, 11) is 0. The molecule has 31 heavy (non-hydrogen) atoms. The number of carbonyl (C=O) groups is 2. The van der Waals surface area contributed by atoms with Crippen LogP contribution in [0.5, 0.6) is 5.75 Å². The molecule has 0 unspecified atom stereocenters. The molecule has 0 aromatic heterocycles. The average Bonchev–Trinajstić information content (AvgIpc) is 2.78. The Hall–Kier alpha value is -3.85. The van der Waals surface area contributed by atoms with Gasteiger partial charge >= 0.3 is 0 Å². The highest BCUT2D eigenvalue weighted by Gasteiger charge is 2.08. The number of carbonyl (C=O) groups excluding carboxylic acids is 2. The van der Waals surface area contributed by atoms with Crippen molar-refractivity contribution in [3.05, 3.63) is 89.0 Å². The fraction of sp³-hybridized carbons (Fsp3) is 0.0909. The SMILES string of the molecule is O=C(COc1ccccc1)Nc1cccc(SCC(=O)Nc2ccc([N+](=O)[O-])cc2)c1. The van der Waals surface area contributed by atoms with E-state index in [2.05, 4.69) is 10.6 Å². The van der Waals surface area contributed by atoms with Crippen LogP contribution < -0.4 is 15.4 Å². The van der Waals surface area contributed by atoms with E-state index in [0.29, 0.717) is 17.1 Å². The van der Waals surface area contributed by atoms with Crippen LogP contribution in [0.2, 0.25) is 0 Å². The Morgan fingerprint density at radius 1 is 0.871 bits per heavy atom. The summed E-state index contributed by atoms with van der Waals surface area (Å²) >= 11 is 1.30. The molecule has 0 saturated carbocycles. The normalized spacial score (nSPS) is 10.2.